The normalized spacial score (nSPS) is 10.4. The monoisotopic (exact) mass is 263 g/mol. The minimum atomic E-state index is 0.479. The number of carbonyl (C=O) groups is 1. The number of pyridine rings is 1. The van der Waals surface area contributed by atoms with E-state index < -0.39 is 0 Å². The van der Waals surface area contributed by atoms with Crippen LogP contribution in [-0.4, -0.2) is 11.3 Å². The number of hydrogen-bond donors (Lipinski definition) is 0. The van der Waals surface area contributed by atoms with Crippen molar-refractivity contribution in [3.05, 3.63) is 71.9 Å². The Morgan fingerprint density at radius 2 is 1.85 bits per heavy atom. The van der Waals surface area contributed by atoms with Crippen molar-refractivity contribution in [1.29, 1.82) is 0 Å². The number of hydrogen-bond acceptors (Lipinski definition) is 3. The molecule has 0 atom stereocenters. The second-order valence-electron chi connectivity index (χ2n) is 4.44. The van der Waals surface area contributed by atoms with E-state index in [1.54, 1.807) is 12.3 Å². The number of fused-ring (bicyclic) bond motifs is 1. The van der Waals surface area contributed by atoms with Gasteiger partial charge in [-0.05, 0) is 17.7 Å². The molecule has 1 aromatic heterocycles. The molecule has 0 aliphatic heterocycles. The lowest BCUT2D eigenvalue weighted by atomic mass is 10.1. The zero-order valence-electron chi connectivity index (χ0n) is 10.8. The highest BCUT2D eigenvalue weighted by molar-refractivity contribution is 5.98. The molecule has 0 aliphatic rings. The quantitative estimate of drug-likeness (QED) is 0.675. The van der Waals surface area contributed by atoms with E-state index in [1.165, 1.54) is 0 Å². The first-order valence-electron chi connectivity index (χ1n) is 6.38. The molecule has 0 radical (unpaired) electrons. The molecule has 0 amide bonds. The van der Waals surface area contributed by atoms with E-state index in [0.717, 1.165) is 17.2 Å². The lowest BCUT2D eigenvalue weighted by Gasteiger charge is -2.09. The zero-order valence-corrected chi connectivity index (χ0v) is 10.8. The maximum atomic E-state index is 11.0. The summed E-state index contributed by atoms with van der Waals surface area (Å²) < 4.78 is 5.83. The standard InChI is InChI=1S/C17H13NO2/c19-11-14-9-10-18-17-15(14)7-4-8-16(17)20-12-13-5-2-1-3-6-13/h1-11H,12H2. The van der Waals surface area contributed by atoms with Gasteiger partial charge in [-0.25, -0.2) is 0 Å². The fraction of sp³-hybridized carbons (Fsp3) is 0.0588. The van der Waals surface area contributed by atoms with Gasteiger partial charge in [-0.2, -0.15) is 0 Å². The van der Waals surface area contributed by atoms with Gasteiger partial charge < -0.3 is 4.74 Å². The first kappa shape index (κ1) is 12.4. The van der Waals surface area contributed by atoms with E-state index in [1.807, 2.05) is 48.5 Å². The van der Waals surface area contributed by atoms with Crippen LogP contribution in [0.1, 0.15) is 15.9 Å². The Morgan fingerprint density at radius 3 is 2.65 bits per heavy atom. The Bertz CT molecular complexity index is 738. The van der Waals surface area contributed by atoms with Crippen LogP contribution in [0.4, 0.5) is 0 Å². The molecule has 1 heterocycles. The van der Waals surface area contributed by atoms with Gasteiger partial charge in [-0.3, -0.25) is 9.78 Å². The second-order valence-corrected chi connectivity index (χ2v) is 4.44. The van der Waals surface area contributed by atoms with Crippen LogP contribution >= 0.6 is 0 Å². The minimum Gasteiger partial charge on any atom is -0.487 e. The molecule has 3 rings (SSSR count). The average Bonchev–Trinajstić information content (AvgIpc) is 2.53. The lowest BCUT2D eigenvalue weighted by molar-refractivity contribution is 0.112. The molecule has 0 fully saturated rings. The number of ether oxygens (including phenoxy) is 1. The van der Waals surface area contributed by atoms with Crippen LogP contribution in [-0.2, 0) is 6.61 Å². The first-order chi connectivity index (χ1) is 9.88. The number of carbonyl (C=O) groups excluding carboxylic acids is 1. The van der Waals surface area contributed by atoms with E-state index in [4.69, 9.17) is 4.74 Å². The van der Waals surface area contributed by atoms with E-state index in [-0.39, 0.29) is 0 Å². The number of aromatic nitrogens is 1. The smallest absolute Gasteiger partial charge is 0.150 e. The van der Waals surface area contributed by atoms with E-state index in [2.05, 4.69) is 4.98 Å². The molecule has 0 unspecified atom stereocenters. The van der Waals surface area contributed by atoms with Crippen LogP contribution in [0.2, 0.25) is 0 Å². The summed E-state index contributed by atoms with van der Waals surface area (Å²) in [4.78, 5) is 15.4. The van der Waals surface area contributed by atoms with Crippen molar-refractivity contribution < 1.29 is 9.53 Å². The molecule has 0 saturated heterocycles. The van der Waals surface area contributed by atoms with Crippen molar-refractivity contribution in [3.63, 3.8) is 0 Å². The largest absolute Gasteiger partial charge is 0.487 e. The van der Waals surface area contributed by atoms with Crippen LogP contribution in [0.15, 0.2) is 60.8 Å². The molecule has 3 heteroatoms. The molecule has 3 aromatic rings. The van der Waals surface area contributed by atoms with E-state index >= 15 is 0 Å². The molecule has 0 aliphatic carbocycles. The maximum Gasteiger partial charge on any atom is 0.150 e. The second kappa shape index (κ2) is 5.53. The third-order valence-corrected chi connectivity index (χ3v) is 3.13. The van der Waals surface area contributed by atoms with Gasteiger partial charge in [0.25, 0.3) is 0 Å². The van der Waals surface area contributed by atoms with Gasteiger partial charge in [-0.15, -0.1) is 0 Å². The van der Waals surface area contributed by atoms with Crippen LogP contribution in [0.3, 0.4) is 0 Å². The Kier molecular flexibility index (Phi) is 3.42. The number of rotatable bonds is 4. The van der Waals surface area contributed by atoms with Gasteiger partial charge >= 0.3 is 0 Å². The summed E-state index contributed by atoms with van der Waals surface area (Å²) in [7, 11) is 0. The van der Waals surface area contributed by atoms with Crippen molar-refractivity contribution in [2.45, 2.75) is 6.61 Å². The maximum absolute atomic E-state index is 11.0. The average molecular weight is 263 g/mol. The first-order valence-corrected chi connectivity index (χ1v) is 6.38. The number of aldehydes is 1. The van der Waals surface area contributed by atoms with Gasteiger partial charge in [0.1, 0.15) is 17.9 Å². The minimum absolute atomic E-state index is 0.479. The highest BCUT2D eigenvalue weighted by atomic mass is 16.5. The van der Waals surface area contributed by atoms with Crippen molar-refractivity contribution in [1.82, 2.24) is 4.98 Å². The summed E-state index contributed by atoms with van der Waals surface area (Å²) in [6, 6.07) is 17.3. The molecule has 3 nitrogen and oxygen atoms in total. The van der Waals surface area contributed by atoms with Gasteiger partial charge in [0.05, 0.1) is 0 Å². The molecular formula is C17H13NO2. The molecule has 2 aromatic carbocycles. The molecule has 0 bridgehead atoms. The van der Waals surface area contributed by atoms with E-state index in [9.17, 15) is 4.79 Å². The number of para-hydroxylation sites is 1. The van der Waals surface area contributed by atoms with Gasteiger partial charge in [-0.1, -0.05) is 42.5 Å². The summed E-state index contributed by atoms with van der Waals surface area (Å²) in [6.45, 7) is 0.479. The predicted molar refractivity (Wildman–Crippen MR) is 77.9 cm³/mol. The highest BCUT2D eigenvalue weighted by Gasteiger charge is 2.06. The Balaban J connectivity index is 1.94. The molecule has 0 spiro atoms. The topological polar surface area (TPSA) is 39.2 Å². The number of benzene rings is 2. The summed E-state index contributed by atoms with van der Waals surface area (Å²) in [5.41, 5.74) is 2.43. The van der Waals surface area contributed by atoms with E-state index in [0.29, 0.717) is 23.4 Å². The Hall–Kier alpha value is -2.68. The summed E-state index contributed by atoms with van der Waals surface area (Å²) >= 11 is 0. The lowest BCUT2D eigenvalue weighted by Crippen LogP contribution is -1.97. The predicted octanol–water partition coefficient (Wildman–Crippen LogP) is 3.63. The SMILES string of the molecule is O=Cc1ccnc2c(OCc3ccccc3)cccc12. The van der Waals surface area contributed by atoms with Crippen molar-refractivity contribution in [3.8, 4) is 5.75 Å². The van der Waals surface area contributed by atoms with Gasteiger partial charge in [0, 0.05) is 17.1 Å². The highest BCUT2D eigenvalue weighted by Crippen LogP contribution is 2.25. The summed E-state index contributed by atoms with van der Waals surface area (Å²) in [5.74, 6) is 0.690. The van der Waals surface area contributed by atoms with Crippen LogP contribution in [0.25, 0.3) is 10.9 Å². The third-order valence-electron chi connectivity index (χ3n) is 3.13. The third kappa shape index (κ3) is 2.38. The van der Waals surface area contributed by atoms with Crippen LogP contribution in [0, 0.1) is 0 Å². The molecule has 20 heavy (non-hydrogen) atoms. The molecule has 0 saturated carbocycles. The zero-order chi connectivity index (χ0) is 13.8. The summed E-state index contributed by atoms with van der Waals surface area (Å²) in [6.07, 6.45) is 2.46. The van der Waals surface area contributed by atoms with Gasteiger partial charge in [0.2, 0.25) is 0 Å². The van der Waals surface area contributed by atoms with Crippen molar-refractivity contribution in [2.75, 3.05) is 0 Å². The van der Waals surface area contributed by atoms with Crippen molar-refractivity contribution in [2.24, 2.45) is 0 Å². The molecule has 0 N–H and O–H groups in total. The van der Waals surface area contributed by atoms with Crippen molar-refractivity contribution >= 4 is 17.2 Å². The molecular weight excluding hydrogens is 250 g/mol. The molecule has 98 valence electrons. The van der Waals surface area contributed by atoms with Crippen LogP contribution < -0.4 is 4.74 Å². The fourth-order valence-corrected chi connectivity index (χ4v) is 2.12. The van der Waals surface area contributed by atoms with Crippen LogP contribution in [0.5, 0.6) is 5.75 Å². The Labute approximate surface area is 116 Å². The van der Waals surface area contributed by atoms with Gasteiger partial charge in [0.15, 0.2) is 6.29 Å². The fourth-order valence-electron chi connectivity index (χ4n) is 2.12. The number of nitrogens with zero attached hydrogens (tertiary/aromatic N) is 1. The summed E-state index contributed by atoms with van der Waals surface area (Å²) in [5, 5.41) is 0.813. The Morgan fingerprint density at radius 1 is 1.00 bits per heavy atom.